The summed E-state index contributed by atoms with van der Waals surface area (Å²) in [5, 5.41) is 20.4. The molecular formula is C22H22F2N4O. The molecule has 0 saturated carbocycles. The maximum Gasteiger partial charge on any atom is 0.239 e. The topological polar surface area (TPSA) is 80.0 Å². The molecule has 29 heavy (non-hydrogen) atoms. The fraction of sp³-hybridized carbons (Fsp3) is 0.318. The highest BCUT2D eigenvalue weighted by Crippen LogP contribution is 2.41. The average Bonchev–Trinajstić information content (AvgIpc) is 2.66. The number of nitriles is 1. The molecule has 2 aromatic rings. The van der Waals surface area contributed by atoms with Crippen LogP contribution in [0.5, 0.6) is 0 Å². The van der Waals surface area contributed by atoms with E-state index in [1.54, 1.807) is 31.2 Å². The summed E-state index contributed by atoms with van der Waals surface area (Å²) >= 11 is 0. The third-order valence-corrected chi connectivity index (χ3v) is 5.49. The lowest BCUT2D eigenvalue weighted by Gasteiger charge is -2.46. The highest BCUT2D eigenvalue weighted by atomic mass is 19.1. The minimum absolute atomic E-state index is 0.0990. The van der Waals surface area contributed by atoms with E-state index in [1.165, 1.54) is 44.0 Å². The molecular weight excluding hydrogens is 374 g/mol. The Morgan fingerprint density at radius 1 is 1.24 bits per heavy atom. The molecule has 2 atom stereocenters. The molecule has 1 heterocycles. The number of carbonyl (C=O) groups excluding carboxylic acids is 1. The van der Waals surface area contributed by atoms with Gasteiger partial charge in [-0.15, -0.1) is 0 Å². The summed E-state index contributed by atoms with van der Waals surface area (Å²) in [6.45, 7) is 4.64. The van der Waals surface area contributed by atoms with E-state index in [0.29, 0.717) is 16.7 Å². The summed E-state index contributed by atoms with van der Waals surface area (Å²) in [6, 6.07) is 12.5. The summed E-state index contributed by atoms with van der Waals surface area (Å²) in [5.41, 5.74) is -1.16. The van der Waals surface area contributed by atoms with Crippen LogP contribution in [-0.4, -0.2) is 23.8 Å². The van der Waals surface area contributed by atoms with E-state index in [1.807, 2.05) is 6.07 Å². The van der Waals surface area contributed by atoms with Gasteiger partial charge in [-0.1, -0.05) is 30.3 Å². The summed E-state index contributed by atoms with van der Waals surface area (Å²) in [7, 11) is 1.49. The number of hydrogen-bond donors (Lipinski definition) is 2. The maximum atomic E-state index is 14.2. The van der Waals surface area contributed by atoms with Crippen molar-refractivity contribution in [3.05, 3.63) is 70.5 Å². The second kappa shape index (κ2) is 6.96. The average molecular weight is 396 g/mol. The molecule has 0 spiro atoms. The molecule has 150 valence electrons. The SMILES string of the molecule is CN1C(=N)N[C@](C)(c2ccc(F)c(C#N)c2)[C@@H](c2ccc(C(C)(C)F)cc2)C1=O. The Morgan fingerprint density at radius 2 is 1.86 bits per heavy atom. The van der Waals surface area contributed by atoms with Gasteiger partial charge in [0.15, 0.2) is 5.96 Å². The number of halogens is 2. The predicted octanol–water partition coefficient (Wildman–Crippen LogP) is 3.90. The van der Waals surface area contributed by atoms with E-state index in [9.17, 15) is 18.8 Å². The fourth-order valence-electron chi connectivity index (χ4n) is 3.67. The number of rotatable bonds is 3. The Balaban J connectivity index is 2.16. The van der Waals surface area contributed by atoms with Crippen LogP contribution in [0.2, 0.25) is 0 Å². The standard InChI is InChI=1S/C22H22F2N4O/c1-21(2,24)15-7-5-13(6-8-15)18-19(29)28(4)20(26)27-22(18,3)16-9-10-17(23)14(11-16)12-25/h5-11,18H,1-4H3,(H2,26,27)/t18-,22+/m0/s1. The molecule has 2 aromatic carbocycles. The molecule has 0 unspecified atom stereocenters. The van der Waals surface area contributed by atoms with Crippen molar-refractivity contribution in [3.63, 3.8) is 0 Å². The van der Waals surface area contributed by atoms with Crippen molar-refractivity contribution in [2.45, 2.75) is 37.9 Å². The molecule has 5 nitrogen and oxygen atoms in total. The van der Waals surface area contributed by atoms with Crippen molar-refractivity contribution in [2.75, 3.05) is 7.05 Å². The number of nitrogens with zero attached hydrogens (tertiary/aromatic N) is 2. The molecule has 2 N–H and O–H groups in total. The van der Waals surface area contributed by atoms with Gasteiger partial charge in [-0.25, -0.2) is 8.78 Å². The molecule has 0 aromatic heterocycles. The molecule has 0 radical (unpaired) electrons. The van der Waals surface area contributed by atoms with Gasteiger partial charge in [0.1, 0.15) is 17.6 Å². The highest BCUT2D eigenvalue weighted by Gasteiger charge is 2.48. The summed E-state index contributed by atoms with van der Waals surface area (Å²) in [5.74, 6) is -1.85. The minimum Gasteiger partial charge on any atom is -0.346 e. The first-order valence-electron chi connectivity index (χ1n) is 9.13. The van der Waals surface area contributed by atoms with Crippen molar-refractivity contribution in [2.24, 2.45) is 0 Å². The van der Waals surface area contributed by atoms with Crippen molar-refractivity contribution in [3.8, 4) is 6.07 Å². The van der Waals surface area contributed by atoms with Crippen molar-refractivity contribution < 1.29 is 13.6 Å². The van der Waals surface area contributed by atoms with Crippen LogP contribution in [0.25, 0.3) is 0 Å². The van der Waals surface area contributed by atoms with Crippen molar-refractivity contribution >= 4 is 11.9 Å². The Kier molecular flexibility index (Phi) is 4.91. The first-order chi connectivity index (χ1) is 13.5. The second-order valence-electron chi connectivity index (χ2n) is 7.91. The molecule has 0 bridgehead atoms. The molecule has 7 heteroatoms. The summed E-state index contributed by atoms with van der Waals surface area (Å²) in [6.07, 6.45) is 0. The Labute approximate surface area is 168 Å². The van der Waals surface area contributed by atoms with Gasteiger partial charge in [-0.05, 0) is 49.6 Å². The molecule has 1 amide bonds. The van der Waals surface area contributed by atoms with Gasteiger partial charge >= 0.3 is 0 Å². The van der Waals surface area contributed by atoms with Crippen LogP contribution < -0.4 is 5.32 Å². The number of benzene rings is 2. The smallest absolute Gasteiger partial charge is 0.239 e. The largest absolute Gasteiger partial charge is 0.346 e. The lowest BCUT2D eigenvalue weighted by atomic mass is 9.73. The van der Waals surface area contributed by atoms with Crippen LogP contribution in [-0.2, 0) is 16.0 Å². The lowest BCUT2D eigenvalue weighted by molar-refractivity contribution is -0.131. The fourth-order valence-corrected chi connectivity index (χ4v) is 3.67. The number of hydrogen-bond acceptors (Lipinski definition) is 3. The normalized spacial score (nSPS) is 22.2. The number of nitrogens with one attached hydrogen (secondary N) is 2. The van der Waals surface area contributed by atoms with E-state index >= 15 is 0 Å². The quantitative estimate of drug-likeness (QED) is 0.826. The number of likely N-dealkylation sites (N-methyl/N-ethyl adjacent to an activating group) is 1. The highest BCUT2D eigenvalue weighted by molar-refractivity contribution is 6.02. The van der Waals surface area contributed by atoms with Gasteiger partial charge in [-0.2, -0.15) is 5.26 Å². The number of carbonyl (C=O) groups is 1. The van der Waals surface area contributed by atoms with Crippen molar-refractivity contribution in [1.82, 2.24) is 10.2 Å². The number of guanidine groups is 1. The van der Waals surface area contributed by atoms with Crippen LogP contribution in [0.3, 0.4) is 0 Å². The van der Waals surface area contributed by atoms with Gasteiger partial charge in [-0.3, -0.25) is 15.1 Å². The maximum absolute atomic E-state index is 14.2. The van der Waals surface area contributed by atoms with Crippen molar-refractivity contribution in [1.29, 1.82) is 10.7 Å². The van der Waals surface area contributed by atoms with Gasteiger partial charge < -0.3 is 5.32 Å². The van der Waals surface area contributed by atoms with Gasteiger partial charge in [0, 0.05) is 7.05 Å². The van der Waals surface area contributed by atoms with Crippen LogP contribution in [0.1, 0.15) is 48.9 Å². The van der Waals surface area contributed by atoms with E-state index in [2.05, 4.69) is 5.32 Å². The first-order valence-corrected chi connectivity index (χ1v) is 9.13. The zero-order valence-electron chi connectivity index (χ0n) is 16.7. The van der Waals surface area contributed by atoms with Gasteiger partial charge in [0.05, 0.1) is 17.0 Å². The molecule has 3 rings (SSSR count). The van der Waals surface area contributed by atoms with E-state index < -0.39 is 22.9 Å². The van der Waals surface area contributed by atoms with E-state index in [-0.39, 0.29) is 17.4 Å². The monoisotopic (exact) mass is 396 g/mol. The first kappa shape index (κ1) is 20.5. The number of amides is 1. The molecule has 0 aliphatic carbocycles. The number of alkyl halides is 1. The second-order valence-corrected chi connectivity index (χ2v) is 7.91. The Morgan fingerprint density at radius 3 is 2.41 bits per heavy atom. The van der Waals surface area contributed by atoms with E-state index in [0.717, 1.165) is 0 Å². The zero-order valence-corrected chi connectivity index (χ0v) is 16.7. The van der Waals surface area contributed by atoms with E-state index in [4.69, 9.17) is 5.41 Å². The zero-order chi connectivity index (χ0) is 21.6. The van der Waals surface area contributed by atoms with Crippen LogP contribution in [0, 0.1) is 22.6 Å². The van der Waals surface area contributed by atoms with Gasteiger partial charge in [0.25, 0.3) is 0 Å². The summed E-state index contributed by atoms with van der Waals surface area (Å²) < 4.78 is 28.1. The van der Waals surface area contributed by atoms with Crippen LogP contribution >= 0.6 is 0 Å². The Hall–Kier alpha value is -3.27. The van der Waals surface area contributed by atoms with Gasteiger partial charge in [0.2, 0.25) is 5.91 Å². The third-order valence-electron chi connectivity index (χ3n) is 5.49. The predicted molar refractivity (Wildman–Crippen MR) is 105 cm³/mol. The lowest BCUT2D eigenvalue weighted by Crippen LogP contribution is -2.62. The van der Waals surface area contributed by atoms with Crippen LogP contribution in [0.4, 0.5) is 8.78 Å². The summed E-state index contributed by atoms with van der Waals surface area (Å²) in [4.78, 5) is 14.4. The molecule has 1 saturated heterocycles. The molecule has 1 fully saturated rings. The third kappa shape index (κ3) is 3.46. The van der Waals surface area contributed by atoms with Crippen LogP contribution in [0.15, 0.2) is 42.5 Å². The molecule has 1 aliphatic rings. The minimum atomic E-state index is -1.52. The molecule has 1 aliphatic heterocycles. The Bertz CT molecular complexity index is 1020.